The van der Waals surface area contributed by atoms with Crippen molar-refractivity contribution < 1.29 is 9.53 Å². The third-order valence-electron chi connectivity index (χ3n) is 2.05. The Labute approximate surface area is 94.2 Å². The van der Waals surface area contributed by atoms with Gasteiger partial charge in [0, 0.05) is 6.42 Å². The molecule has 0 aromatic heterocycles. The molecule has 1 aromatic carbocycles. The highest BCUT2D eigenvalue weighted by Crippen LogP contribution is 2.23. The highest BCUT2D eigenvalue weighted by molar-refractivity contribution is 6.33. The van der Waals surface area contributed by atoms with E-state index in [1.807, 2.05) is 12.1 Å². The van der Waals surface area contributed by atoms with Crippen LogP contribution in [0.25, 0.3) is 0 Å². The van der Waals surface area contributed by atoms with E-state index in [2.05, 4.69) is 0 Å². The number of para-hydroxylation sites is 1. The van der Waals surface area contributed by atoms with Crippen LogP contribution in [0.3, 0.4) is 0 Å². The van der Waals surface area contributed by atoms with Gasteiger partial charge in [0.1, 0.15) is 0 Å². The molecule has 0 spiro atoms. The van der Waals surface area contributed by atoms with Crippen LogP contribution in [0.5, 0.6) is 0 Å². The first-order chi connectivity index (χ1) is 7.15. The van der Waals surface area contributed by atoms with Gasteiger partial charge in [0.25, 0.3) is 0 Å². The Balaban J connectivity index is 2.58. The van der Waals surface area contributed by atoms with Crippen molar-refractivity contribution in [2.45, 2.75) is 19.8 Å². The molecule has 1 rings (SSSR count). The average Bonchev–Trinajstić information content (AvgIpc) is 2.21. The Morgan fingerprint density at radius 3 is 2.93 bits per heavy atom. The zero-order chi connectivity index (χ0) is 11.3. The van der Waals surface area contributed by atoms with E-state index in [9.17, 15) is 4.79 Å². The van der Waals surface area contributed by atoms with Crippen molar-refractivity contribution >= 4 is 23.3 Å². The van der Waals surface area contributed by atoms with Crippen molar-refractivity contribution in [3.05, 3.63) is 28.8 Å². The normalized spacial score (nSPS) is 10.0. The second kappa shape index (κ2) is 5.61. The zero-order valence-electron chi connectivity index (χ0n) is 8.63. The summed E-state index contributed by atoms with van der Waals surface area (Å²) >= 11 is 5.85. The van der Waals surface area contributed by atoms with E-state index in [1.54, 1.807) is 13.0 Å². The van der Waals surface area contributed by atoms with Crippen LogP contribution in [0, 0.1) is 0 Å². The van der Waals surface area contributed by atoms with Crippen molar-refractivity contribution in [1.82, 2.24) is 0 Å². The number of esters is 1. The van der Waals surface area contributed by atoms with Gasteiger partial charge in [-0.1, -0.05) is 23.7 Å². The van der Waals surface area contributed by atoms with E-state index >= 15 is 0 Å². The average molecular weight is 228 g/mol. The van der Waals surface area contributed by atoms with Crippen LogP contribution in [-0.2, 0) is 16.0 Å². The molecule has 1 aromatic rings. The summed E-state index contributed by atoms with van der Waals surface area (Å²) in [5.41, 5.74) is 7.19. The number of halogens is 1. The van der Waals surface area contributed by atoms with Crippen LogP contribution in [0.4, 0.5) is 5.69 Å². The number of ether oxygens (including phenoxy) is 1. The fourth-order valence-corrected chi connectivity index (χ4v) is 1.46. The number of rotatable bonds is 4. The molecule has 0 aliphatic carbocycles. The number of anilines is 1. The second-order valence-electron chi connectivity index (χ2n) is 3.12. The van der Waals surface area contributed by atoms with Gasteiger partial charge in [0.15, 0.2) is 0 Å². The Morgan fingerprint density at radius 1 is 1.53 bits per heavy atom. The van der Waals surface area contributed by atoms with Gasteiger partial charge in [-0.2, -0.15) is 0 Å². The molecule has 0 saturated carbocycles. The fraction of sp³-hybridized carbons (Fsp3) is 0.364. The number of hydrogen-bond donors (Lipinski definition) is 1. The maximum absolute atomic E-state index is 11.1. The molecular formula is C11H14ClNO2. The van der Waals surface area contributed by atoms with Crippen LogP contribution in [0.15, 0.2) is 18.2 Å². The van der Waals surface area contributed by atoms with E-state index in [1.165, 1.54) is 0 Å². The first-order valence-corrected chi connectivity index (χ1v) is 5.21. The molecule has 4 heteroatoms. The lowest BCUT2D eigenvalue weighted by Gasteiger charge is -2.06. The summed E-state index contributed by atoms with van der Waals surface area (Å²) in [5.74, 6) is -0.211. The maximum atomic E-state index is 11.1. The van der Waals surface area contributed by atoms with Crippen molar-refractivity contribution in [3.63, 3.8) is 0 Å². The smallest absolute Gasteiger partial charge is 0.306 e. The standard InChI is InChI=1S/C11H14ClNO2/c1-2-15-10(14)7-6-8-4-3-5-9(12)11(8)13/h3-5H,2,6-7,13H2,1H3. The van der Waals surface area contributed by atoms with E-state index in [4.69, 9.17) is 22.1 Å². The minimum absolute atomic E-state index is 0.211. The first kappa shape index (κ1) is 11.9. The first-order valence-electron chi connectivity index (χ1n) is 4.83. The SMILES string of the molecule is CCOC(=O)CCc1cccc(Cl)c1N. The minimum atomic E-state index is -0.211. The summed E-state index contributed by atoms with van der Waals surface area (Å²) in [6, 6.07) is 5.41. The van der Waals surface area contributed by atoms with Gasteiger partial charge in [-0.05, 0) is 25.0 Å². The largest absolute Gasteiger partial charge is 0.466 e. The lowest BCUT2D eigenvalue weighted by Crippen LogP contribution is -2.06. The highest BCUT2D eigenvalue weighted by atomic mass is 35.5. The van der Waals surface area contributed by atoms with Crippen molar-refractivity contribution in [3.8, 4) is 0 Å². The van der Waals surface area contributed by atoms with Gasteiger partial charge < -0.3 is 10.5 Å². The van der Waals surface area contributed by atoms with Gasteiger partial charge in [0.2, 0.25) is 0 Å². The van der Waals surface area contributed by atoms with Crippen LogP contribution in [-0.4, -0.2) is 12.6 Å². The number of nitrogen functional groups attached to an aromatic ring is 1. The molecule has 3 nitrogen and oxygen atoms in total. The van der Waals surface area contributed by atoms with Gasteiger partial charge in [-0.25, -0.2) is 0 Å². The molecule has 0 saturated heterocycles. The van der Waals surface area contributed by atoms with Crippen LogP contribution in [0.2, 0.25) is 5.02 Å². The summed E-state index contributed by atoms with van der Waals surface area (Å²) in [6.07, 6.45) is 0.892. The molecule has 0 amide bonds. The lowest BCUT2D eigenvalue weighted by molar-refractivity contribution is -0.143. The molecule has 0 heterocycles. The van der Waals surface area contributed by atoms with E-state index in [-0.39, 0.29) is 5.97 Å². The lowest BCUT2D eigenvalue weighted by atomic mass is 10.1. The Morgan fingerprint density at radius 2 is 2.27 bits per heavy atom. The molecule has 0 radical (unpaired) electrons. The number of carbonyl (C=O) groups is 1. The number of benzene rings is 1. The van der Waals surface area contributed by atoms with E-state index < -0.39 is 0 Å². The summed E-state index contributed by atoms with van der Waals surface area (Å²) in [6.45, 7) is 2.19. The number of hydrogen-bond acceptors (Lipinski definition) is 3. The summed E-state index contributed by atoms with van der Waals surface area (Å²) in [7, 11) is 0. The van der Waals surface area contributed by atoms with Crippen molar-refractivity contribution in [2.75, 3.05) is 12.3 Å². The van der Waals surface area contributed by atoms with Gasteiger partial charge >= 0.3 is 5.97 Å². The predicted molar refractivity (Wildman–Crippen MR) is 60.8 cm³/mol. The topological polar surface area (TPSA) is 52.3 Å². The fourth-order valence-electron chi connectivity index (χ4n) is 1.27. The minimum Gasteiger partial charge on any atom is -0.466 e. The van der Waals surface area contributed by atoms with Gasteiger partial charge in [0.05, 0.1) is 17.3 Å². The zero-order valence-corrected chi connectivity index (χ0v) is 9.38. The molecule has 0 bridgehead atoms. The summed E-state index contributed by atoms with van der Waals surface area (Å²) in [4.78, 5) is 11.1. The van der Waals surface area contributed by atoms with E-state index in [0.717, 1.165) is 5.56 Å². The molecule has 0 aliphatic rings. The molecule has 0 fully saturated rings. The molecule has 2 N–H and O–H groups in total. The molecule has 0 unspecified atom stereocenters. The quantitative estimate of drug-likeness (QED) is 0.635. The number of carbonyl (C=O) groups excluding carboxylic acids is 1. The van der Waals surface area contributed by atoms with E-state index in [0.29, 0.717) is 30.2 Å². The van der Waals surface area contributed by atoms with Crippen LogP contribution >= 0.6 is 11.6 Å². The number of aryl methyl sites for hydroxylation is 1. The van der Waals surface area contributed by atoms with Crippen LogP contribution < -0.4 is 5.73 Å². The maximum Gasteiger partial charge on any atom is 0.306 e. The van der Waals surface area contributed by atoms with Gasteiger partial charge in [-0.3, -0.25) is 4.79 Å². The Hall–Kier alpha value is -1.22. The predicted octanol–water partition coefficient (Wildman–Crippen LogP) is 2.42. The van der Waals surface area contributed by atoms with Gasteiger partial charge in [-0.15, -0.1) is 0 Å². The van der Waals surface area contributed by atoms with Crippen molar-refractivity contribution in [2.24, 2.45) is 0 Å². The monoisotopic (exact) mass is 227 g/mol. The third kappa shape index (κ3) is 3.44. The third-order valence-corrected chi connectivity index (χ3v) is 2.38. The summed E-state index contributed by atoms with van der Waals surface area (Å²) < 4.78 is 4.82. The number of nitrogens with two attached hydrogens (primary N) is 1. The molecule has 82 valence electrons. The molecule has 15 heavy (non-hydrogen) atoms. The molecular weight excluding hydrogens is 214 g/mol. The van der Waals surface area contributed by atoms with Crippen molar-refractivity contribution in [1.29, 1.82) is 0 Å². The van der Waals surface area contributed by atoms with Crippen LogP contribution in [0.1, 0.15) is 18.9 Å². The summed E-state index contributed by atoms with van der Waals surface area (Å²) in [5, 5.41) is 0.524. The Bertz CT molecular complexity index is 352. The molecule has 0 aliphatic heterocycles. The molecule has 0 atom stereocenters. The Kier molecular flexibility index (Phi) is 4.43. The highest BCUT2D eigenvalue weighted by Gasteiger charge is 2.06. The second-order valence-corrected chi connectivity index (χ2v) is 3.52.